The Kier molecular flexibility index (Phi) is 4.29. The molecule has 5 nitrogen and oxygen atoms in total. The Morgan fingerprint density at radius 3 is 2.50 bits per heavy atom. The summed E-state index contributed by atoms with van der Waals surface area (Å²) in [5.74, 6) is 0.264. The Morgan fingerprint density at radius 1 is 1.06 bits per heavy atom. The third-order valence-corrected chi connectivity index (χ3v) is 4.64. The van der Waals surface area contributed by atoms with Crippen LogP contribution in [0, 0.1) is 5.92 Å². The van der Waals surface area contributed by atoms with E-state index in [1.165, 1.54) is 0 Å². The zero-order valence-corrected chi connectivity index (χ0v) is 10.5. The summed E-state index contributed by atoms with van der Waals surface area (Å²) < 4.78 is 0. The molecule has 0 amide bonds. The number of alkyl halides is 2. The van der Waals surface area contributed by atoms with Crippen LogP contribution < -0.4 is 27.6 Å². The van der Waals surface area contributed by atoms with Crippen LogP contribution in [0.3, 0.4) is 0 Å². The minimum atomic E-state index is -0.324. The van der Waals surface area contributed by atoms with Gasteiger partial charge in [-0.25, -0.2) is 10.9 Å². The van der Waals surface area contributed by atoms with Gasteiger partial charge in [-0.05, 0) is 18.8 Å². The first-order chi connectivity index (χ1) is 7.59. The molecular formula is C9H19Cl2N5. The highest BCUT2D eigenvalue weighted by Crippen LogP contribution is 2.35. The van der Waals surface area contributed by atoms with Crippen molar-refractivity contribution in [1.82, 2.24) is 16.2 Å². The summed E-state index contributed by atoms with van der Waals surface area (Å²) in [6.45, 7) is 0. The molecule has 2 rings (SSSR count). The molecule has 94 valence electrons. The number of hydrogen-bond donors (Lipinski definition) is 5. The van der Waals surface area contributed by atoms with Gasteiger partial charge in [-0.1, -0.05) is 6.42 Å². The van der Waals surface area contributed by atoms with Crippen LogP contribution in [0.4, 0.5) is 0 Å². The lowest BCUT2D eigenvalue weighted by molar-refractivity contribution is 0.140. The Hall–Kier alpha value is 0.380. The summed E-state index contributed by atoms with van der Waals surface area (Å²) in [5.41, 5.74) is 17.7. The minimum absolute atomic E-state index is 0.0324. The van der Waals surface area contributed by atoms with E-state index in [4.69, 9.17) is 34.7 Å². The minimum Gasteiger partial charge on any atom is -0.314 e. The molecule has 0 aromatic carbocycles. The monoisotopic (exact) mass is 267 g/mol. The van der Waals surface area contributed by atoms with Crippen molar-refractivity contribution in [2.45, 2.75) is 48.5 Å². The van der Waals surface area contributed by atoms with E-state index in [2.05, 4.69) is 16.2 Å². The quantitative estimate of drug-likeness (QED) is 0.417. The predicted molar refractivity (Wildman–Crippen MR) is 65.8 cm³/mol. The summed E-state index contributed by atoms with van der Waals surface area (Å²) >= 11 is 12.5. The number of nitrogens with one attached hydrogen (secondary N) is 3. The number of nitrogens with two attached hydrogens (primary N) is 2. The van der Waals surface area contributed by atoms with E-state index in [1.54, 1.807) is 0 Å². The van der Waals surface area contributed by atoms with Crippen molar-refractivity contribution in [2.24, 2.45) is 17.4 Å². The molecule has 1 heterocycles. The van der Waals surface area contributed by atoms with E-state index in [9.17, 15) is 0 Å². The van der Waals surface area contributed by atoms with Gasteiger partial charge in [0.1, 0.15) is 6.29 Å². The fourth-order valence-corrected chi connectivity index (χ4v) is 3.26. The molecule has 2 aliphatic rings. The zero-order valence-electron chi connectivity index (χ0n) is 9.00. The fraction of sp³-hybridized carbons (Fsp3) is 1.00. The molecule has 1 saturated heterocycles. The van der Waals surface area contributed by atoms with Crippen molar-refractivity contribution in [3.63, 3.8) is 0 Å². The molecule has 7 heteroatoms. The van der Waals surface area contributed by atoms with Crippen LogP contribution in [-0.4, -0.2) is 29.3 Å². The lowest BCUT2D eigenvalue weighted by Crippen LogP contribution is -2.75. The van der Waals surface area contributed by atoms with Crippen LogP contribution in [0.15, 0.2) is 0 Å². The molecule has 7 N–H and O–H groups in total. The standard InChI is InChI=1S/C9H19Cl2N5/c10-5-3-1-2-4(6(5)11)7-8(12)14-9(13)16-15-7/h4-9,14-16H,1-3,12-13H2. The molecule has 0 aromatic rings. The maximum absolute atomic E-state index is 6.35. The summed E-state index contributed by atoms with van der Waals surface area (Å²) in [6, 6.07) is 0.0591. The van der Waals surface area contributed by atoms with Crippen molar-refractivity contribution >= 4 is 23.2 Å². The third-order valence-electron chi connectivity index (χ3n) is 3.40. The number of hydrazine groups is 1. The highest BCUT2D eigenvalue weighted by molar-refractivity contribution is 6.30. The number of halogens is 2. The van der Waals surface area contributed by atoms with Gasteiger partial charge in [-0.15, -0.1) is 23.2 Å². The third kappa shape index (κ3) is 2.61. The van der Waals surface area contributed by atoms with Gasteiger partial charge in [0.2, 0.25) is 0 Å². The molecule has 1 aliphatic heterocycles. The van der Waals surface area contributed by atoms with Gasteiger partial charge >= 0.3 is 0 Å². The molecule has 1 saturated carbocycles. The summed E-state index contributed by atoms with van der Waals surface area (Å²) in [6.07, 6.45) is 2.59. The first kappa shape index (κ1) is 12.8. The maximum atomic E-state index is 6.35. The molecule has 0 radical (unpaired) electrons. The molecule has 6 atom stereocenters. The van der Waals surface area contributed by atoms with Gasteiger partial charge in [0.05, 0.1) is 23.0 Å². The molecule has 6 unspecified atom stereocenters. The summed E-state index contributed by atoms with van der Waals surface area (Å²) in [5, 5.41) is 3.03. The van der Waals surface area contributed by atoms with Crippen LogP contribution in [0.2, 0.25) is 0 Å². The van der Waals surface area contributed by atoms with E-state index in [-0.39, 0.29) is 35.2 Å². The second-order valence-electron chi connectivity index (χ2n) is 4.54. The van der Waals surface area contributed by atoms with Gasteiger partial charge < -0.3 is 11.5 Å². The second kappa shape index (κ2) is 5.35. The Balaban J connectivity index is 2.00. The first-order valence-electron chi connectivity index (χ1n) is 5.66. The van der Waals surface area contributed by atoms with Gasteiger partial charge in [0, 0.05) is 0 Å². The lowest BCUT2D eigenvalue weighted by Gasteiger charge is -2.43. The van der Waals surface area contributed by atoms with Crippen molar-refractivity contribution < 1.29 is 0 Å². The van der Waals surface area contributed by atoms with E-state index in [0.29, 0.717) is 0 Å². The van der Waals surface area contributed by atoms with Crippen LogP contribution in [0.1, 0.15) is 19.3 Å². The van der Waals surface area contributed by atoms with Crippen molar-refractivity contribution in [1.29, 1.82) is 0 Å². The lowest BCUT2D eigenvalue weighted by atomic mass is 9.82. The van der Waals surface area contributed by atoms with Gasteiger partial charge in [-0.2, -0.15) is 0 Å². The number of rotatable bonds is 1. The van der Waals surface area contributed by atoms with Crippen LogP contribution >= 0.6 is 23.2 Å². The van der Waals surface area contributed by atoms with E-state index in [1.807, 2.05) is 0 Å². The molecule has 0 spiro atoms. The SMILES string of the molecule is NC1NNC(C2CCCC(Cl)C2Cl)C(N)N1. The normalized spacial score (nSPS) is 50.2. The molecule has 16 heavy (non-hydrogen) atoms. The fourth-order valence-electron chi connectivity index (χ4n) is 2.51. The highest BCUT2D eigenvalue weighted by Gasteiger charge is 2.40. The largest absolute Gasteiger partial charge is 0.314 e. The number of hydrogen-bond acceptors (Lipinski definition) is 5. The summed E-state index contributed by atoms with van der Waals surface area (Å²) in [4.78, 5) is 0. The van der Waals surface area contributed by atoms with Gasteiger partial charge in [0.15, 0.2) is 0 Å². The first-order valence-corrected chi connectivity index (χ1v) is 6.53. The Labute approximate surface area is 106 Å². The summed E-state index contributed by atoms with van der Waals surface area (Å²) in [7, 11) is 0. The Morgan fingerprint density at radius 2 is 1.81 bits per heavy atom. The molecule has 0 bridgehead atoms. The van der Waals surface area contributed by atoms with E-state index < -0.39 is 0 Å². The van der Waals surface area contributed by atoms with Gasteiger partial charge in [0.25, 0.3) is 0 Å². The topological polar surface area (TPSA) is 88.1 Å². The molecule has 2 fully saturated rings. The predicted octanol–water partition coefficient (Wildman–Crippen LogP) is -0.406. The van der Waals surface area contributed by atoms with Crippen molar-refractivity contribution in [3.05, 3.63) is 0 Å². The van der Waals surface area contributed by atoms with E-state index in [0.717, 1.165) is 19.3 Å². The molecule has 1 aliphatic carbocycles. The second-order valence-corrected chi connectivity index (χ2v) is 5.60. The average molecular weight is 268 g/mol. The average Bonchev–Trinajstić information content (AvgIpc) is 2.23. The van der Waals surface area contributed by atoms with Crippen LogP contribution in [0.25, 0.3) is 0 Å². The molecular weight excluding hydrogens is 249 g/mol. The maximum Gasteiger partial charge on any atom is 0.123 e. The van der Waals surface area contributed by atoms with Crippen molar-refractivity contribution in [3.8, 4) is 0 Å². The van der Waals surface area contributed by atoms with Crippen LogP contribution in [0.5, 0.6) is 0 Å². The van der Waals surface area contributed by atoms with Crippen molar-refractivity contribution in [2.75, 3.05) is 0 Å². The van der Waals surface area contributed by atoms with Gasteiger partial charge in [-0.3, -0.25) is 5.32 Å². The molecule has 0 aromatic heterocycles. The van der Waals surface area contributed by atoms with Crippen LogP contribution in [-0.2, 0) is 0 Å². The Bertz CT molecular complexity index is 242. The highest BCUT2D eigenvalue weighted by atomic mass is 35.5. The van der Waals surface area contributed by atoms with E-state index >= 15 is 0 Å². The zero-order chi connectivity index (χ0) is 11.7. The smallest absolute Gasteiger partial charge is 0.123 e.